The summed E-state index contributed by atoms with van der Waals surface area (Å²) in [5.41, 5.74) is 1.10. The first-order valence-corrected chi connectivity index (χ1v) is 9.49. The third-order valence-corrected chi connectivity index (χ3v) is 4.40. The van der Waals surface area contributed by atoms with Gasteiger partial charge in [-0.3, -0.25) is 9.79 Å². The molecule has 2 N–H and O–H groups in total. The van der Waals surface area contributed by atoms with Gasteiger partial charge >= 0.3 is 0 Å². The summed E-state index contributed by atoms with van der Waals surface area (Å²) in [5, 5.41) is 6.77. The number of carbonyl (C=O) groups is 1. The van der Waals surface area contributed by atoms with Crippen LogP contribution in [0.5, 0.6) is 5.75 Å². The smallest absolute Gasteiger partial charge is 0.222 e. The van der Waals surface area contributed by atoms with E-state index in [4.69, 9.17) is 4.74 Å². The molecule has 27 heavy (non-hydrogen) atoms. The van der Waals surface area contributed by atoms with E-state index in [2.05, 4.69) is 35.5 Å². The van der Waals surface area contributed by atoms with Gasteiger partial charge in [0, 0.05) is 44.7 Å². The van der Waals surface area contributed by atoms with Crippen molar-refractivity contribution in [1.82, 2.24) is 15.5 Å². The van der Waals surface area contributed by atoms with Crippen molar-refractivity contribution in [2.75, 3.05) is 26.7 Å². The zero-order valence-electron chi connectivity index (χ0n) is 16.8. The Hall–Kier alpha value is -1.51. The molecule has 1 aliphatic rings. The van der Waals surface area contributed by atoms with Gasteiger partial charge in [0.15, 0.2) is 5.96 Å². The van der Waals surface area contributed by atoms with E-state index in [0.717, 1.165) is 36.8 Å². The Morgan fingerprint density at radius 1 is 1.37 bits per heavy atom. The van der Waals surface area contributed by atoms with Crippen molar-refractivity contribution in [3.63, 3.8) is 0 Å². The van der Waals surface area contributed by atoms with Gasteiger partial charge < -0.3 is 20.3 Å². The monoisotopic (exact) mass is 488 g/mol. The van der Waals surface area contributed by atoms with Crippen LogP contribution >= 0.6 is 24.0 Å². The van der Waals surface area contributed by atoms with Crippen LogP contribution in [0.25, 0.3) is 0 Å². The van der Waals surface area contributed by atoms with Gasteiger partial charge in [0.05, 0.1) is 6.61 Å². The predicted octanol–water partition coefficient (Wildman–Crippen LogP) is 3.02. The maximum Gasteiger partial charge on any atom is 0.222 e. The second kappa shape index (κ2) is 12.0. The van der Waals surface area contributed by atoms with Gasteiger partial charge in [0.25, 0.3) is 0 Å². The number of benzene rings is 1. The number of carbonyl (C=O) groups excluding carboxylic acids is 1. The highest BCUT2D eigenvalue weighted by Crippen LogP contribution is 2.18. The van der Waals surface area contributed by atoms with Crippen molar-refractivity contribution >= 4 is 35.8 Å². The molecule has 1 aromatic rings. The van der Waals surface area contributed by atoms with Crippen LogP contribution in [0.3, 0.4) is 0 Å². The summed E-state index contributed by atoms with van der Waals surface area (Å²) in [6.07, 6.45) is 1.51. The summed E-state index contributed by atoms with van der Waals surface area (Å²) in [6, 6.07) is 8.31. The highest BCUT2D eigenvalue weighted by molar-refractivity contribution is 14.0. The summed E-state index contributed by atoms with van der Waals surface area (Å²) in [7, 11) is 1.76. The van der Waals surface area contributed by atoms with Crippen molar-refractivity contribution in [1.29, 1.82) is 0 Å². The summed E-state index contributed by atoms with van der Waals surface area (Å²) in [4.78, 5) is 18.0. The topological polar surface area (TPSA) is 66.0 Å². The SMILES string of the molecule is CCC(=O)N1CCC(NC(=NC)NCc2ccccc2OCC(C)C)C1.I. The third-order valence-electron chi connectivity index (χ3n) is 4.40. The fourth-order valence-electron chi connectivity index (χ4n) is 2.94. The highest BCUT2D eigenvalue weighted by atomic mass is 127. The fourth-order valence-corrected chi connectivity index (χ4v) is 2.94. The van der Waals surface area contributed by atoms with Crippen LogP contribution in [-0.2, 0) is 11.3 Å². The molecule has 1 aromatic carbocycles. The number of ether oxygens (including phenoxy) is 1. The van der Waals surface area contributed by atoms with Gasteiger partial charge in [-0.15, -0.1) is 24.0 Å². The van der Waals surface area contributed by atoms with Crippen LogP contribution in [0.1, 0.15) is 39.2 Å². The molecule has 0 aliphatic carbocycles. The normalized spacial score (nSPS) is 16.9. The molecule has 1 heterocycles. The van der Waals surface area contributed by atoms with Crippen LogP contribution in [0.15, 0.2) is 29.3 Å². The summed E-state index contributed by atoms with van der Waals surface area (Å²) in [5.74, 6) is 2.36. The number of rotatable bonds is 7. The fraction of sp³-hybridized carbons (Fsp3) is 0.600. The lowest BCUT2D eigenvalue weighted by molar-refractivity contribution is -0.129. The lowest BCUT2D eigenvalue weighted by Gasteiger charge is -2.19. The number of hydrogen-bond acceptors (Lipinski definition) is 3. The first kappa shape index (κ1) is 23.5. The van der Waals surface area contributed by atoms with E-state index in [1.807, 2.05) is 30.0 Å². The van der Waals surface area contributed by atoms with Crippen LogP contribution < -0.4 is 15.4 Å². The molecule has 7 heteroatoms. The molecule has 0 bridgehead atoms. The van der Waals surface area contributed by atoms with E-state index < -0.39 is 0 Å². The lowest BCUT2D eigenvalue weighted by atomic mass is 10.2. The van der Waals surface area contributed by atoms with Crippen LogP contribution in [-0.4, -0.2) is 49.6 Å². The molecule has 152 valence electrons. The zero-order valence-corrected chi connectivity index (χ0v) is 19.2. The zero-order chi connectivity index (χ0) is 18.9. The maximum absolute atomic E-state index is 11.8. The molecular formula is C20H33IN4O2. The van der Waals surface area contributed by atoms with Gasteiger partial charge in [-0.25, -0.2) is 0 Å². The molecular weight excluding hydrogens is 455 g/mol. The molecule has 0 radical (unpaired) electrons. The van der Waals surface area contributed by atoms with Gasteiger partial charge in [-0.2, -0.15) is 0 Å². The second-order valence-electron chi connectivity index (χ2n) is 7.06. The number of nitrogens with zero attached hydrogens (tertiary/aromatic N) is 2. The Morgan fingerprint density at radius 3 is 2.78 bits per heavy atom. The summed E-state index contributed by atoms with van der Waals surface area (Å²) >= 11 is 0. The van der Waals surface area contributed by atoms with Gasteiger partial charge in [-0.05, 0) is 18.4 Å². The lowest BCUT2D eigenvalue weighted by Crippen LogP contribution is -2.44. The standard InChI is InChI=1S/C20H32N4O2.HI/c1-5-19(25)24-11-10-17(13-24)23-20(21-4)22-12-16-8-6-7-9-18(16)26-14-15(2)3;/h6-9,15,17H,5,10-14H2,1-4H3,(H2,21,22,23);1H. The Bertz CT molecular complexity index is 622. The Labute approximate surface area is 180 Å². The minimum Gasteiger partial charge on any atom is -0.493 e. The molecule has 2 rings (SSSR count). The molecule has 0 aromatic heterocycles. The average molecular weight is 488 g/mol. The number of guanidine groups is 1. The predicted molar refractivity (Wildman–Crippen MR) is 121 cm³/mol. The Balaban J connectivity index is 0.00000364. The number of aliphatic imine (C=N–C) groups is 1. The highest BCUT2D eigenvalue weighted by Gasteiger charge is 2.25. The molecule has 6 nitrogen and oxygen atoms in total. The van der Waals surface area contributed by atoms with E-state index >= 15 is 0 Å². The minimum absolute atomic E-state index is 0. The van der Waals surface area contributed by atoms with Crippen LogP contribution in [0, 0.1) is 5.92 Å². The molecule has 1 amide bonds. The molecule has 1 saturated heterocycles. The Morgan fingerprint density at radius 2 is 2.11 bits per heavy atom. The molecule has 0 spiro atoms. The van der Waals surface area contributed by atoms with E-state index in [9.17, 15) is 4.79 Å². The van der Waals surface area contributed by atoms with Gasteiger partial charge in [-0.1, -0.05) is 39.0 Å². The third kappa shape index (κ3) is 7.56. The number of nitrogens with one attached hydrogen (secondary N) is 2. The van der Waals surface area contributed by atoms with Crippen LogP contribution in [0.4, 0.5) is 0 Å². The number of likely N-dealkylation sites (tertiary alicyclic amines) is 1. The van der Waals surface area contributed by atoms with Crippen molar-refractivity contribution in [2.24, 2.45) is 10.9 Å². The summed E-state index contributed by atoms with van der Waals surface area (Å²) in [6.45, 7) is 9.07. The van der Waals surface area contributed by atoms with E-state index in [-0.39, 0.29) is 35.9 Å². The van der Waals surface area contributed by atoms with Crippen molar-refractivity contribution in [3.8, 4) is 5.75 Å². The second-order valence-corrected chi connectivity index (χ2v) is 7.06. The van der Waals surface area contributed by atoms with Crippen LogP contribution in [0.2, 0.25) is 0 Å². The van der Waals surface area contributed by atoms with Gasteiger partial charge in [0.1, 0.15) is 5.75 Å². The van der Waals surface area contributed by atoms with Gasteiger partial charge in [0.2, 0.25) is 5.91 Å². The largest absolute Gasteiger partial charge is 0.493 e. The average Bonchev–Trinajstić information content (AvgIpc) is 3.11. The van der Waals surface area contributed by atoms with Crippen molar-refractivity contribution < 1.29 is 9.53 Å². The maximum atomic E-state index is 11.8. The molecule has 1 atom stereocenters. The number of para-hydroxylation sites is 1. The van der Waals surface area contributed by atoms with Crippen molar-refractivity contribution in [2.45, 2.75) is 46.2 Å². The first-order chi connectivity index (χ1) is 12.5. The molecule has 1 unspecified atom stereocenters. The summed E-state index contributed by atoms with van der Waals surface area (Å²) < 4.78 is 5.91. The number of halogens is 1. The first-order valence-electron chi connectivity index (χ1n) is 9.49. The molecule has 1 aliphatic heterocycles. The minimum atomic E-state index is 0. The molecule has 0 saturated carbocycles. The Kier molecular flexibility index (Phi) is 10.5. The van der Waals surface area contributed by atoms with E-state index in [1.165, 1.54) is 0 Å². The van der Waals surface area contributed by atoms with Crippen molar-refractivity contribution in [3.05, 3.63) is 29.8 Å². The van der Waals surface area contributed by atoms with E-state index in [0.29, 0.717) is 25.5 Å². The van der Waals surface area contributed by atoms with E-state index in [1.54, 1.807) is 7.05 Å². The number of hydrogen-bond donors (Lipinski definition) is 2. The quantitative estimate of drug-likeness (QED) is 0.352. The molecule has 1 fully saturated rings. The number of amides is 1.